The van der Waals surface area contributed by atoms with Gasteiger partial charge in [-0.2, -0.15) is 5.26 Å². The normalized spacial score (nSPS) is 11.0. The topological polar surface area (TPSA) is 96.7 Å². The van der Waals surface area contributed by atoms with E-state index in [1.54, 1.807) is 16.5 Å². The second kappa shape index (κ2) is 9.31. The Hall–Kier alpha value is -4.64. The van der Waals surface area contributed by atoms with Gasteiger partial charge in [0.25, 0.3) is 0 Å². The molecular weight excluding hydrogens is 440 g/mol. The average Bonchev–Trinajstić information content (AvgIpc) is 3.44. The van der Waals surface area contributed by atoms with Crippen LogP contribution in [0.3, 0.4) is 0 Å². The Labute approximate surface area is 202 Å². The summed E-state index contributed by atoms with van der Waals surface area (Å²) >= 11 is 0. The minimum Gasteiger partial charge on any atom is -0.493 e. The van der Waals surface area contributed by atoms with Gasteiger partial charge in [-0.05, 0) is 42.3 Å². The molecule has 0 saturated heterocycles. The van der Waals surface area contributed by atoms with Gasteiger partial charge in [-0.3, -0.25) is 13.6 Å². The summed E-state index contributed by atoms with van der Waals surface area (Å²) in [5.74, 6) is 1.68. The number of anilines is 1. The van der Waals surface area contributed by atoms with Crippen molar-refractivity contribution in [3.8, 4) is 23.2 Å². The van der Waals surface area contributed by atoms with Crippen LogP contribution in [0.15, 0.2) is 67.0 Å². The Morgan fingerprint density at radius 2 is 1.89 bits per heavy atom. The first-order valence-electron chi connectivity index (χ1n) is 11.4. The summed E-state index contributed by atoms with van der Waals surface area (Å²) in [6.07, 6.45) is 4.64. The first-order valence-corrected chi connectivity index (χ1v) is 11.4. The number of carbonyl (C=O) groups is 1. The Bertz CT molecular complexity index is 1570. The van der Waals surface area contributed by atoms with Crippen molar-refractivity contribution in [2.75, 3.05) is 11.9 Å². The predicted octanol–water partition coefficient (Wildman–Crippen LogP) is 5.12. The minimum atomic E-state index is -0.135. The molecule has 0 saturated carbocycles. The predicted molar refractivity (Wildman–Crippen MR) is 134 cm³/mol. The van der Waals surface area contributed by atoms with E-state index in [2.05, 4.69) is 18.3 Å². The molecule has 0 radical (unpaired) electrons. The van der Waals surface area contributed by atoms with Gasteiger partial charge in [-0.1, -0.05) is 25.1 Å². The Morgan fingerprint density at radius 3 is 2.63 bits per heavy atom. The van der Waals surface area contributed by atoms with Crippen LogP contribution < -0.4 is 10.1 Å². The zero-order valence-electron chi connectivity index (χ0n) is 19.5. The molecule has 4 aromatic heterocycles. The molecule has 4 heterocycles. The second-order valence-electron chi connectivity index (χ2n) is 8.21. The van der Waals surface area contributed by atoms with E-state index in [4.69, 9.17) is 20.0 Å². The van der Waals surface area contributed by atoms with E-state index in [0.717, 1.165) is 29.0 Å². The van der Waals surface area contributed by atoms with Gasteiger partial charge in [0.05, 0.1) is 23.8 Å². The van der Waals surface area contributed by atoms with Crippen molar-refractivity contribution in [1.29, 1.82) is 5.26 Å². The van der Waals surface area contributed by atoms with Gasteiger partial charge in [0.15, 0.2) is 11.6 Å². The van der Waals surface area contributed by atoms with Crippen LogP contribution in [0.5, 0.6) is 5.75 Å². The molecule has 0 fully saturated rings. The zero-order valence-corrected chi connectivity index (χ0v) is 19.5. The fourth-order valence-electron chi connectivity index (χ4n) is 4.01. The standard InChI is InChI=1S/C27H24N6O2/c1-3-14-35-21-11-13-32-22(15-21)24(31-26(32)18(2)34)25-27(33-12-5-4-6-23(33)30-25)29-17-20-9-7-19(16-28)8-10-20/h4-13,15,29H,3,14,17H2,1-2H3. The molecule has 0 amide bonds. The number of hydrogen-bond donors (Lipinski definition) is 1. The third kappa shape index (κ3) is 4.20. The quantitative estimate of drug-likeness (QED) is 0.320. The number of nitriles is 1. The number of ketones is 1. The number of ether oxygens (including phenoxy) is 1. The first-order chi connectivity index (χ1) is 17.1. The summed E-state index contributed by atoms with van der Waals surface area (Å²) in [5.41, 5.74) is 4.38. The molecule has 0 spiro atoms. The van der Waals surface area contributed by atoms with E-state index >= 15 is 0 Å². The van der Waals surface area contributed by atoms with Crippen molar-refractivity contribution in [3.05, 3.63) is 83.9 Å². The average molecular weight is 465 g/mol. The lowest BCUT2D eigenvalue weighted by molar-refractivity contribution is 0.100. The number of benzene rings is 1. The molecule has 0 atom stereocenters. The van der Waals surface area contributed by atoms with Crippen molar-refractivity contribution in [2.24, 2.45) is 0 Å². The first kappa shape index (κ1) is 22.2. The highest BCUT2D eigenvalue weighted by atomic mass is 16.5. The van der Waals surface area contributed by atoms with E-state index in [0.29, 0.717) is 41.7 Å². The van der Waals surface area contributed by atoms with Gasteiger partial charge >= 0.3 is 0 Å². The van der Waals surface area contributed by atoms with Gasteiger partial charge < -0.3 is 10.1 Å². The smallest absolute Gasteiger partial charge is 0.195 e. The SMILES string of the molecule is CCCOc1ccn2c(C(C)=O)nc(-c3nc4ccccn4c3NCc3ccc(C#N)cc3)c2c1. The van der Waals surface area contributed by atoms with Crippen molar-refractivity contribution >= 4 is 22.8 Å². The van der Waals surface area contributed by atoms with Crippen LogP contribution in [0.2, 0.25) is 0 Å². The van der Waals surface area contributed by atoms with Crippen molar-refractivity contribution in [3.63, 3.8) is 0 Å². The number of aromatic nitrogens is 4. The molecule has 8 nitrogen and oxygen atoms in total. The fourth-order valence-corrected chi connectivity index (χ4v) is 4.01. The summed E-state index contributed by atoms with van der Waals surface area (Å²) in [6, 6.07) is 19.1. The van der Waals surface area contributed by atoms with Crippen LogP contribution in [0.4, 0.5) is 5.82 Å². The highest BCUT2D eigenvalue weighted by Crippen LogP contribution is 2.33. The Balaban J connectivity index is 1.63. The Morgan fingerprint density at radius 1 is 1.06 bits per heavy atom. The number of nitrogens with zero attached hydrogens (tertiary/aromatic N) is 5. The summed E-state index contributed by atoms with van der Waals surface area (Å²) in [5, 5.41) is 12.6. The van der Waals surface area contributed by atoms with Crippen LogP contribution in [0.25, 0.3) is 22.6 Å². The molecule has 8 heteroatoms. The fraction of sp³-hybridized carbons (Fsp3) is 0.185. The van der Waals surface area contributed by atoms with E-state index in [1.165, 1.54) is 6.92 Å². The molecule has 0 unspecified atom stereocenters. The summed E-state index contributed by atoms with van der Waals surface area (Å²) in [6.45, 7) is 4.69. The van der Waals surface area contributed by atoms with Gasteiger partial charge in [0.1, 0.15) is 28.6 Å². The second-order valence-corrected chi connectivity index (χ2v) is 8.21. The van der Waals surface area contributed by atoms with Crippen molar-refractivity contribution in [2.45, 2.75) is 26.8 Å². The lowest BCUT2D eigenvalue weighted by Crippen LogP contribution is -2.03. The van der Waals surface area contributed by atoms with Gasteiger partial charge in [0.2, 0.25) is 0 Å². The number of hydrogen-bond acceptors (Lipinski definition) is 6. The van der Waals surface area contributed by atoms with Gasteiger partial charge in [0, 0.05) is 31.9 Å². The Kier molecular flexibility index (Phi) is 5.90. The molecule has 35 heavy (non-hydrogen) atoms. The number of Topliss-reactive ketones (excluding diaryl/α,β-unsaturated/α-hetero) is 1. The van der Waals surface area contributed by atoms with E-state index in [1.807, 2.05) is 59.3 Å². The number of nitrogens with one attached hydrogen (secondary N) is 1. The maximum absolute atomic E-state index is 12.4. The number of carbonyl (C=O) groups excluding carboxylic acids is 1. The third-order valence-electron chi connectivity index (χ3n) is 5.70. The van der Waals surface area contributed by atoms with Crippen molar-refractivity contribution in [1.82, 2.24) is 18.8 Å². The van der Waals surface area contributed by atoms with Crippen LogP contribution in [-0.2, 0) is 6.54 Å². The van der Waals surface area contributed by atoms with E-state index in [9.17, 15) is 4.79 Å². The minimum absolute atomic E-state index is 0.135. The molecule has 1 N–H and O–H groups in total. The molecule has 174 valence electrons. The van der Waals surface area contributed by atoms with Crippen LogP contribution in [0.1, 0.15) is 42.0 Å². The van der Waals surface area contributed by atoms with Gasteiger partial charge in [-0.25, -0.2) is 9.97 Å². The van der Waals surface area contributed by atoms with E-state index in [-0.39, 0.29) is 5.78 Å². The lowest BCUT2D eigenvalue weighted by atomic mass is 10.1. The molecule has 0 aliphatic rings. The molecular formula is C27H24N6O2. The van der Waals surface area contributed by atoms with Crippen LogP contribution in [0, 0.1) is 11.3 Å². The number of imidazole rings is 2. The van der Waals surface area contributed by atoms with Crippen LogP contribution in [-0.4, -0.2) is 31.2 Å². The van der Waals surface area contributed by atoms with Gasteiger partial charge in [-0.15, -0.1) is 0 Å². The molecule has 5 rings (SSSR count). The van der Waals surface area contributed by atoms with Crippen LogP contribution >= 0.6 is 0 Å². The maximum Gasteiger partial charge on any atom is 0.195 e. The zero-order chi connectivity index (χ0) is 24.4. The highest BCUT2D eigenvalue weighted by molar-refractivity contribution is 5.95. The summed E-state index contributed by atoms with van der Waals surface area (Å²) in [4.78, 5) is 22.0. The monoisotopic (exact) mass is 464 g/mol. The molecule has 0 aliphatic heterocycles. The van der Waals surface area contributed by atoms with Crippen molar-refractivity contribution < 1.29 is 9.53 Å². The number of pyridine rings is 2. The lowest BCUT2D eigenvalue weighted by Gasteiger charge is -2.09. The van der Waals surface area contributed by atoms with E-state index < -0.39 is 0 Å². The summed E-state index contributed by atoms with van der Waals surface area (Å²) < 4.78 is 9.60. The molecule has 0 bridgehead atoms. The molecule has 1 aromatic carbocycles. The largest absolute Gasteiger partial charge is 0.493 e. The third-order valence-corrected chi connectivity index (χ3v) is 5.70. The number of rotatable bonds is 8. The maximum atomic E-state index is 12.4. The highest BCUT2D eigenvalue weighted by Gasteiger charge is 2.22. The molecule has 0 aliphatic carbocycles. The number of fused-ring (bicyclic) bond motifs is 2. The molecule has 5 aromatic rings. The summed E-state index contributed by atoms with van der Waals surface area (Å²) in [7, 11) is 0.